The molecule has 2 N–H and O–H groups in total. The van der Waals surface area contributed by atoms with Crippen LogP contribution in [0.15, 0.2) is 41.7 Å². The van der Waals surface area contributed by atoms with Crippen molar-refractivity contribution in [2.24, 2.45) is 12.0 Å². The number of nitrogens with one attached hydrogen (secondary N) is 2. The first-order valence-electron chi connectivity index (χ1n) is 10.4. The second-order valence-corrected chi connectivity index (χ2v) is 7.59. The van der Waals surface area contributed by atoms with E-state index >= 15 is 0 Å². The van der Waals surface area contributed by atoms with Crippen LogP contribution in [-0.4, -0.2) is 53.2 Å². The summed E-state index contributed by atoms with van der Waals surface area (Å²) in [5.74, 6) is 1.40. The van der Waals surface area contributed by atoms with Gasteiger partial charge in [-0.15, -0.1) is 0 Å². The molecule has 1 saturated heterocycles. The van der Waals surface area contributed by atoms with Gasteiger partial charge in [-0.3, -0.25) is 14.5 Å². The van der Waals surface area contributed by atoms with Crippen LogP contribution in [0.2, 0.25) is 0 Å². The summed E-state index contributed by atoms with van der Waals surface area (Å²) in [6.45, 7) is 5.45. The molecule has 7 heteroatoms. The second kappa shape index (κ2) is 10.1. The minimum Gasteiger partial charge on any atom is -0.352 e. The molecule has 1 atom stereocenters. The topological polar surface area (TPSA) is 74.6 Å². The molecule has 1 unspecified atom stereocenters. The number of carbonyl (C=O) groups is 1. The van der Waals surface area contributed by atoms with E-state index in [-0.39, 0.29) is 5.91 Å². The van der Waals surface area contributed by atoms with E-state index in [2.05, 4.69) is 38.7 Å². The van der Waals surface area contributed by atoms with Gasteiger partial charge in [0, 0.05) is 58.0 Å². The summed E-state index contributed by atoms with van der Waals surface area (Å²) in [7, 11) is 3.78. The molecule has 0 aliphatic carbocycles. The molecular weight excluding hydrogens is 364 g/mol. The van der Waals surface area contributed by atoms with Gasteiger partial charge in [-0.25, -0.2) is 0 Å². The van der Waals surface area contributed by atoms with Crippen molar-refractivity contribution in [1.29, 1.82) is 0 Å². The third kappa shape index (κ3) is 5.59. The number of benzene rings is 1. The summed E-state index contributed by atoms with van der Waals surface area (Å²) in [6.07, 6.45) is 7.25. The number of amides is 1. The fraction of sp³-hybridized carbons (Fsp3) is 0.500. The Hall–Kier alpha value is -2.83. The highest BCUT2D eigenvalue weighted by Gasteiger charge is 2.26. The first-order chi connectivity index (χ1) is 14.1. The number of rotatable bonds is 7. The van der Waals surface area contributed by atoms with E-state index in [0.29, 0.717) is 18.0 Å². The molecule has 156 valence electrons. The number of hydrogen-bond donors (Lipinski definition) is 2. The lowest BCUT2D eigenvalue weighted by Crippen LogP contribution is -2.39. The Morgan fingerprint density at radius 3 is 2.72 bits per heavy atom. The van der Waals surface area contributed by atoms with Crippen molar-refractivity contribution in [2.45, 2.75) is 38.6 Å². The minimum absolute atomic E-state index is 0.00715. The average Bonchev–Trinajstić information content (AvgIpc) is 3.38. The van der Waals surface area contributed by atoms with Crippen LogP contribution in [0.1, 0.15) is 53.6 Å². The van der Waals surface area contributed by atoms with E-state index in [4.69, 9.17) is 0 Å². The van der Waals surface area contributed by atoms with Crippen LogP contribution in [0.5, 0.6) is 0 Å². The van der Waals surface area contributed by atoms with E-state index in [1.807, 2.05) is 49.2 Å². The van der Waals surface area contributed by atoms with Crippen LogP contribution in [0.25, 0.3) is 0 Å². The van der Waals surface area contributed by atoms with E-state index in [0.717, 1.165) is 50.4 Å². The monoisotopic (exact) mass is 396 g/mol. The van der Waals surface area contributed by atoms with Crippen molar-refractivity contribution in [1.82, 2.24) is 25.3 Å². The van der Waals surface area contributed by atoms with Gasteiger partial charge in [-0.1, -0.05) is 25.5 Å². The number of likely N-dealkylation sites (tertiary alicyclic amines) is 1. The summed E-state index contributed by atoms with van der Waals surface area (Å²) in [5, 5.41) is 10.7. The summed E-state index contributed by atoms with van der Waals surface area (Å²) in [6, 6.07) is 7.76. The largest absolute Gasteiger partial charge is 0.352 e. The Balaban J connectivity index is 1.50. The van der Waals surface area contributed by atoms with Crippen molar-refractivity contribution >= 4 is 11.9 Å². The van der Waals surface area contributed by atoms with Crippen molar-refractivity contribution in [3.8, 4) is 0 Å². The number of hydrogen-bond acceptors (Lipinski definition) is 3. The summed E-state index contributed by atoms with van der Waals surface area (Å²) < 4.78 is 1.86. The van der Waals surface area contributed by atoms with Gasteiger partial charge in [0.15, 0.2) is 5.96 Å². The number of aliphatic imine (C=N–C) groups is 1. The van der Waals surface area contributed by atoms with Gasteiger partial charge >= 0.3 is 0 Å². The molecule has 0 spiro atoms. The summed E-state index contributed by atoms with van der Waals surface area (Å²) >= 11 is 0. The first kappa shape index (κ1) is 20.9. The molecule has 1 aromatic heterocycles. The van der Waals surface area contributed by atoms with Crippen molar-refractivity contribution in [3.05, 3.63) is 53.3 Å². The molecule has 1 fully saturated rings. The lowest BCUT2D eigenvalue weighted by molar-refractivity contribution is 0.0953. The Morgan fingerprint density at radius 2 is 2.07 bits per heavy atom. The van der Waals surface area contributed by atoms with E-state index in [1.54, 1.807) is 0 Å². The highest BCUT2D eigenvalue weighted by Crippen LogP contribution is 2.26. The normalized spacial score (nSPS) is 16.9. The molecule has 0 saturated carbocycles. The van der Waals surface area contributed by atoms with E-state index in [1.165, 1.54) is 5.56 Å². The van der Waals surface area contributed by atoms with Crippen molar-refractivity contribution < 1.29 is 4.79 Å². The second-order valence-electron chi connectivity index (χ2n) is 7.59. The maximum absolute atomic E-state index is 12.1. The Morgan fingerprint density at radius 1 is 1.28 bits per heavy atom. The quantitative estimate of drug-likeness (QED) is 0.428. The fourth-order valence-corrected chi connectivity index (χ4v) is 3.64. The highest BCUT2D eigenvalue weighted by atomic mass is 16.1. The average molecular weight is 397 g/mol. The van der Waals surface area contributed by atoms with E-state index < -0.39 is 0 Å². The van der Waals surface area contributed by atoms with Gasteiger partial charge < -0.3 is 15.5 Å². The Kier molecular flexibility index (Phi) is 7.27. The SMILES string of the molecule is CCCCNC(=O)c1ccc(CNC(=NC)N2CCC(c3cnn(C)c3)C2)cc1. The van der Waals surface area contributed by atoms with Crippen LogP contribution in [0.4, 0.5) is 0 Å². The number of aryl methyl sites for hydroxylation is 1. The zero-order valence-electron chi connectivity index (χ0n) is 17.7. The fourth-order valence-electron chi connectivity index (χ4n) is 3.64. The highest BCUT2D eigenvalue weighted by molar-refractivity contribution is 5.94. The summed E-state index contributed by atoms with van der Waals surface area (Å²) in [4.78, 5) is 18.9. The molecule has 1 aliphatic heterocycles. The molecule has 2 heterocycles. The van der Waals surface area contributed by atoms with Crippen LogP contribution >= 0.6 is 0 Å². The number of unbranched alkanes of at least 4 members (excludes halogenated alkanes) is 1. The van der Waals surface area contributed by atoms with Crippen LogP contribution in [0.3, 0.4) is 0 Å². The van der Waals surface area contributed by atoms with Crippen molar-refractivity contribution in [2.75, 3.05) is 26.7 Å². The molecular formula is C22H32N6O. The smallest absolute Gasteiger partial charge is 0.251 e. The van der Waals surface area contributed by atoms with Gasteiger partial charge in [0.2, 0.25) is 0 Å². The van der Waals surface area contributed by atoms with Crippen LogP contribution < -0.4 is 10.6 Å². The number of guanidine groups is 1. The molecule has 3 rings (SSSR count). The van der Waals surface area contributed by atoms with Crippen LogP contribution in [-0.2, 0) is 13.6 Å². The minimum atomic E-state index is -0.00715. The molecule has 1 aliphatic rings. The van der Waals surface area contributed by atoms with Crippen molar-refractivity contribution in [3.63, 3.8) is 0 Å². The molecule has 0 radical (unpaired) electrons. The maximum Gasteiger partial charge on any atom is 0.251 e. The first-order valence-corrected chi connectivity index (χ1v) is 10.4. The number of aromatic nitrogens is 2. The lowest BCUT2D eigenvalue weighted by Gasteiger charge is -2.21. The zero-order chi connectivity index (χ0) is 20.6. The van der Waals surface area contributed by atoms with Gasteiger partial charge in [-0.2, -0.15) is 5.10 Å². The third-order valence-electron chi connectivity index (χ3n) is 5.38. The predicted octanol–water partition coefficient (Wildman–Crippen LogP) is 2.51. The molecule has 29 heavy (non-hydrogen) atoms. The Labute approximate surface area is 173 Å². The summed E-state index contributed by atoms with van der Waals surface area (Å²) in [5.41, 5.74) is 3.12. The van der Waals surface area contributed by atoms with Gasteiger partial charge in [0.05, 0.1) is 6.20 Å². The standard InChI is InChI=1S/C22H32N6O/c1-4-5-11-24-21(29)18-8-6-17(7-9-18)13-25-22(23-2)28-12-10-19(16-28)20-14-26-27(3)15-20/h6-9,14-15,19H,4-5,10-13,16H2,1-3H3,(H,23,25)(H,24,29). The van der Waals surface area contributed by atoms with Gasteiger partial charge in [0.1, 0.15) is 0 Å². The predicted molar refractivity (Wildman–Crippen MR) is 116 cm³/mol. The van der Waals surface area contributed by atoms with E-state index in [9.17, 15) is 4.79 Å². The number of carbonyl (C=O) groups excluding carboxylic acids is 1. The number of nitrogens with zero attached hydrogens (tertiary/aromatic N) is 4. The molecule has 2 aromatic rings. The lowest BCUT2D eigenvalue weighted by atomic mass is 10.0. The Bertz CT molecular complexity index is 826. The molecule has 7 nitrogen and oxygen atoms in total. The third-order valence-corrected chi connectivity index (χ3v) is 5.38. The molecule has 1 aromatic carbocycles. The van der Waals surface area contributed by atoms with Crippen LogP contribution in [0, 0.1) is 0 Å². The van der Waals surface area contributed by atoms with Gasteiger partial charge in [-0.05, 0) is 36.1 Å². The van der Waals surface area contributed by atoms with Gasteiger partial charge in [0.25, 0.3) is 5.91 Å². The molecule has 1 amide bonds. The zero-order valence-corrected chi connectivity index (χ0v) is 17.7. The maximum atomic E-state index is 12.1. The molecule has 0 bridgehead atoms.